The first-order valence-corrected chi connectivity index (χ1v) is 9.39. The minimum Gasteiger partial charge on any atom is -0.481 e. The van der Waals surface area contributed by atoms with Crippen molar-refractivity contribution in [3.05, 3.63) is 24.3 Å². The Morgan fingerprint density at radius 3 is 2.72 bits per heavy atom. The predicted molar refractivity (Wildman–Crippen MR) is 97.1 cm³/mol. The van der Waals surface area contributed by atoms with Crippen LogP contribution in [0.5, 0.6) is 0 Å². The van der Waals surface area contributed by atoms with Gasteiger partial charge in [-0.05, 0) is 25.7 Å². The number of carbonyl (C=O) groups is 2. The molecule has 4 atom stereocenters. The first-order chi connectivity index (χ1) is 12.0. The summed E-state index contributed by atoms with van der Waals surface area (Å²) in [5.41, 5.74) is 0. The Kier molecular flexibility index (Phi) is 10.3. The first kappa shape index (κ1) is 21.6. The first-order valence-electron chi connectivity index (χ1n) is 9.39. The van der Waals surface area contributed by atoms with E-state index in [9.17, 15) is 19.8 Å². The molecule has 0 bridgehead atoms. The molecule has 1 saturated carbocycles. The van der Waals surface area contributed by atoms with E-state index in [-0.39, 0.29) is 30.5 Å². The van der Waals surface area contributed by atoms with Gasteiger partial charge in [0.05, 0.1) is 12.2 Å². The summed E-state index contributed by atoms with van der Waals surface area (Å²) in [6.45, 7) is 2.12. The molecule has 1 fully saturated rings. The van der Waals surface area contributed by atoms with E-state index in [1.807, 2.05) is 12.2 Å². The van der Waals surface area contributed by atoms with Crippen LogP contribution in [0.3, 0.4) is 0 Å². The van der Waals surface area contributed by atoms with E-state index in [2.05, 4.69) is 6.92 Å². The topological polar surface area (TPSA) is 94.8 Å². The van der Waals surface area contributed by atoms with Crippen molar-refractivity contribution in [2.75, 3.05) is 0 Å². The average molecular weight is 352 g/mol. The molecule has 0 aliphatic heterocycles. The van der Waals surface area contributed by atoms with Crippen LogP contribution < -0.4 is 0 Å². The van der Waals surface area contributed by atoms with Crippen molar-refractivity contribution in [1.82, 2.24) is 0 Å². The van der Waals surface area contributed by atoms with Crippen molar-refractivity contribution < 1.29 is 24.9 Å². The SMILES string of the molecule is CCCCC[C@H]1C(=O)C[C@H](O)[C@@H]1/C=C/[C@H](O)C/C=C\CCCC(=O)O. The second-order valence-electron chi connectivity index (χ2n) is 6.86. The molecule has 5 heteroatoms. The van der Waals surface area contributed by atoms with Crippen molar-refractivity contribution in [2.45, 2.75) is 76.9 Å². The second-order valence-corrected chi connectivity index (χ2v) is 6.86. The monoisotopic (exact) mass is 352 g/mol. The van der Waals surface area contributed by atoms with Gasteiger partial charge in [0.2, 0.25) is 0 Å². The standard InChI is InChI=1S/C20H32O5/c1-2-3-6-10-16-17(19(23)14-18(16)22)13-12-15(21)9-7-4-5-8-11-20(24)25/h4,7,12-13,15-17,19,21,23H,2-3,5-6,8-11,14H2,1H3,(H,24,25)/b7-4-,13-12+/t15-,16-,17-,19+/m1/s1. The molecule has 0 aromatic carbocycles. The minimum absolute atomic E-state index is 0.128. The van der Waals surface area contributed by atoms with Gasteiger partial charge in [-0.3, -0.25) is 9.59 Å². The number of hydrogen-bond acceptors (Lipinski definition) is 4. The molecule has 5 nitrogen and oxygen atoms in total. The molecule has 0 saturated heterocycles. The fourth-order valence-corrected chi connectivity index (χ4v) is 3.27. The van der Waals surface area contributed by atoms with E-state index < -0.39 is 18.2 Å². The summed E-state index contributed by atoms with van der Waals surface area (Å²) in [5.74, 6) is -0.990. The lowest BCUT2D eigenvalue weighted by atomic mass is 9.88. The van der Waals surface area contributed by atoms with Gasteiger partial charge in [-0.25, -0.2) is 0 Å². The number of carboxylic acid groups (broad SMARTS) is 1. The lowest BCUT2D eigenvalue weighted by Gasteiger charge is -2.17. The number of carbonyl (C=O) groups excluding carboxylic acids is 1. The van der Waals surface area contributed by atoms with Crippen LogP contribution in [0.15, 0.2) is 24.3 Å². The molecule has 142 valence electrons. The van der Waals surface area contributed by atoms with E-state index in [0.29, 0.717) is 19.3 Å². The molecule has 0 amide bonds. The molecule has 3 N–H and O–H groups in total. The highest BCUT2D eigenvalue weighted by molar-refractivity contribution is 5.84. The number of allylic oxidation sites excluding steroid dienone is 1. The molecule has 0 aromatic heterocycles. The van der Waals surface area contributed by atoms with Gasteiger partial charge in [0.1, 0.15) is 5.78 Å². The highest BCUT2D eigenvalue weighted by atomic mass is 16.4. The van der Waals surface area contributed by atoms with Crippen LogP contribution in [0.25, 0.3) is 0 Å². The van der Waals surface area contributed by atoms with Crippen molar-refractivity contribution in [3.63, 3.8) is 0 Å². The number of unbranched alkanes of at least 4 members (excludes halogenated alkanes) is 3. The Bertz CT molecular complexity index is 469. The second kappa shape index (κ2) is 12.0. The minimum atomic E-state index is -0.797. The zero-order valence-corrected chi connectivity index (χ0v) is 15.1. The number of aliphatic carboxylic acids is 1. The highest BCUT2D eigenvalue weighted by Gasteiger charge is 2.39. The largest absolute Gasteiger partial charge is 0.481 e. The Hall–Kier alpha value is -1.46. The van der Waals surface area contributed by atoms with Crippen LogP contribution in [-0.4, -0.2) is 39.3 Å². The molecule has 0 heterocycles. The molecular formula is C20H32O5. The van der Waals surface area contributed by atoms with Crippen LogP contribution in [0.4, 0.5) is 0 Å². The molecular weight excluding hydrogens is 320 g/mol. The number of hydrogen-bond donors (Lipinski definition) is 3. The van der Waals surface area contributed by atoms with Gasteiger partial charge in [-0.15, -0.1) is 0 Å². The van der Waals surface area contributed by atoms with Gasteiger partial charge in [-0.1, -0.05) is 50.5 Å². The van der Waals surface area contributed by atoms with Gasteiger partial charge in [-0.2, -0.15) is 0 Å². The van der Waals surface area contributed by atoms with E-state index in [4.69, 9.17) is 5.11 Å². The van der Waals surface area contributed by atoms with E-state index >= 15 is 0 Å². The number of carboxylic acids is 1. The molecule has 1 aliphatic carbocycles. The van der Waals surface area contributed by atoms with E-state index in [1.54, 1.807) is 12.2 Å². The number of rotatable bonds is 12. The third-order valence-corrected chi connectivity index (χ3v) is 4.71. The summed E-state index contributed by atoms with van der Waals surface area (Å²) in [6.07, 6.45) is 11.9. The third-order valence-electron chi connectivity index (χ3n) is 4.71. The number of ketones is 1. The van der Waals surface area contributed by atoms with Gasteiger partial charge >= 0.3 is 5.97 Å². The Morgan fingerprint density at radius 1 is 1.28 bits per heavy atom. The molecule has 0 spiro atoms. The van der Waals surface area contributed by atoms with Crippen molar-refractivity contribution >= 4 is 11.8 Å². The zero-order valence-electron chi connectivity index (χ0n) is 15.1. The lowest BCUT2D eigenvalue weighted by molar-refractivity contribution is -0.137. The van der Waals surface area contributed by atoms with Gasteiger partial charge in [0.25, 0.3) is 0 Å². The Morgan fingerprint density at radius 2 is 2.04 bits per heavy atom. The fraction of sp³-hybridized carbons (Fsp3) is 0.700. The number of aliphatic hydroxyl groups excluding tert-OH is 2. The van der Waals surface area contributed by atoms with E-state index in [1.165, 1.54) is 0 Å². The Balaban J connectivity index is 2.41. The molecule has 0 unspecified atom stereocenters. The van der Waals surface area contributed by atoms with E-state index in [0.717, 1.165) is 25.7 Å². The van der Waals surface area contributed by atoms with Crippen LogP contribution in [0.2, 0.25) is 0 Å². The molecule has 1 aliphatic rings. The maximum Gasteiger partial charge on any atom is 0.303 e. The quantitative estimate of drug-likeness (QED) is 0.370. The maximum atomic E-state index is 12.0. The fourth-order valence-electron chi connectivity index (χ4n) is 3.27. The smallest absolute Gasteiger partial charge is 0.303 e. The number of aliphatic hydroxyl groups is 2. The van der Waals surface area contributed by atoms with Gasteiger partial charge in [0, 0.05) is 24.7 Å². The summed E-state index contributed by atoms with van der Waals surface area (Å²) in [6, 6.07) is 0. The summed E-state index contributed by atoms with van der Waals surface area (Å²) >= 11 is 0. The summed E-state index contributed by atoms with van der Waals surface area (Å²) in [4.78, 5) is 22.4. The summed E-state index contributed by atoms with van der Waals surface area (Å²) in [7, 11) is 0. The molecule has 25 heavy (non-hydrogen) atoms. The third kappa shape index (κ3) is 8.45. The summed E-state index contributed by atoms with van der Waals surface area (Å²) < 4.78 is 0. The van der Waals surface area contributed by atoms with Crippen molar-refractivity contribution in [3.8, 4) is 0 Å². The molecule has 0 radical (unpaired) electrons. The highest BCUT2D eigenvalue weighted by Crippen LogP contribution is 2.34. The van der Waals surface area contributed by atoms with Crippen LogP contribution in [0, 0.1) is 11.8 Å². The van der Waals surface area contributed by atoms with Crippen molar-refractivity contribution in [1.29, 1.82) is 0 Å². The normalized spacial score (nSPS) is 25.2. The van der Waals surface area contributed by atoms with Gasteiger partial charge < -0.3 is 15.3 Å². The average Bonchev–Trinajstić information content (AvgIpc) is 2.82. The lowest BCUT2D eigenvalue weighted by Crippen LogP contribution is -2.19. The van der Waals surface area contributed by atoms with Crippen LogP contribution in [0.1, 0.15) is 64.7 Å². The Labute approximate surface area is 150 Å². The summed E-state index contributed by atoms with van der Waals surface area (Å²) in [5, 5.41) is 28.7. The number of Topliss-reactive ketones (excluding diaryl/α,β-unsaturated/α-hetero) is 1. The van der Waals surface area contributed by atoms with Crippen molar-refractivity contribution in [2.24, 2.45) is 11.8 Å². The van der Waals surface area contributed by atoms with Crippen LogP contribution >= 0.6 is 0 Å². The predicted octanol–water partition coefficient (Wildman–Crippen LogP) is 3.25. The molecule has 0 aromatic rings. The van der Waals surface area contributed by atoms with Crippen LogP contribution in [-0.2, 0) is 9.59 Å². The van der Waals surface area contributed by atoms with Gasteiger partial charge in [0.15, 0.2) is 0 Å². The molecule has 1 rings (SSSR count). The maximum absolute atomic E-state index is 12.0. The zero-order chi connectivity index (χ0) is 18.7.